The van der Waals surface area contributed by atoms with Gasteiger partial charge in [-0.25, -0.2) is 4.79 Å². The molecule has 4 nitrogen and oxygen atoms in total. The Morgan fingerprint density at radius 3 is 2.11 bits per heavy atom. The highest BCUT2D eigenvalue weighted by Crippen LogP contribution is 2.23. The highest BCUT2D eigenvalue weighted by atomic mass is 32.2. The second kappa shape index (κ2) is 6.61. The molecule has 1 amide bonds. The van der Waals surface area contributed by atoms with Gasteiger partial charge in [0.1, 0.15) is 6.04 Å². The van der Waals surface area contributed by atoms with Gasteiger partial charge in [0.05, 0.1) is 0 Å². The minimum Gasteiger partial charge on any atom is -0.480 e. The summed E-state index contributed by atoms with van der Waals surface area (Å²) in [6, 6.07) is 6.40. The molecular formula is C14H19NO3S. The molecule has 0 aliphatic heterocycles. The molecule has 0 radical (unpaired) electrons. The van der Waals surface area contributed by atoms with Crippen LogP contribution in [0.5, 0.6) is 0 Å². The van der Waals surface area contributed by atoms with Gasteiger partial charge >= 0.3 is 5.97 Å². The Morgan fingerprint density at radius 2 is 1.68 bits per heavy atom. The Labute approximate surface area is 117 Å². The summed E-state index contributed by atoms with van der Waals surface area (Å²) in [5, 5.41) is 9.38. The number of carboxylic acids is 1. The number of nitrogens with zero attached hydrogens (tertiary/aromatic N) is 1. The highest BCUT2D eigenvalue weighted by Gasteiger charge is 2.22. The number of hydrogen-bond acceptors (Lipinski definition) is 3. The van der Waals surface area contributed by atoms with Gasteiger partial charge in [-0.05, 0) is 31.2 Å². The summed E-state index contributed by atoms with van der Waals surface area (Å²) < 4.78 is 0. The molecule has 104 valence electrons. The van der Waals surface area contributed by atoms with Crippen molar-refractivity contribution in [2.45, 2.75) is 37.0 Å². The van der Waals surface area contributed by atoms with Gasteiger partial charge in [0.25, 0.3) is 5.91 Å². The average Bonchev–Trinajstić information content (AvgIpc) is 2.36. The first-order chi connectivity index (χ1) is 8.82. The lowest BCUT2D eigenvalue weighted by Crippen LogP contribution is -2.40. The summed E-state index contributed by atoms with van der Waals surface area (Å²) in [5.74, 6) is -1.29. The number of aliphatic carboxylic acids is 1. The van der Waals surface area contributed by atoms with Crippen molar-refractivity contribution in [1.29, 1.82) is 0 Å². The molecule has 5 heteroatoms. The third-order valence-corrected chi connectivity index (χ3v) is 3.75. The van der Waals surface area contributed by atoms with Crippen molar-refractivity contribution in [2.24, 2.45) is 0 Å². The molecule has 19 heavy (non-hydrogen) atoms. The fourth-order valence-electron chi connectivity index (χ4n) is 1.49. The largest absolute Gasteiger partial charge is 0.480 e. The van der Waals surface area contributed by atoms with Gasteiger partial charge in [0, 0.05) is 22.8 Å². The molecular weight excluding hydrogens is 262 g/mol. The normalized spacial score (nSPS) is 12.3. The molecule has 0 aromatic heterocycles. The second-order valence-corrected chi connectivity index (χ2v) is 6.27. The number of rotatable bonds is 5. The number of carbonyl (C=O) groups excluding carboxylic acids is 1. The van der Waals surface area contributed by atoms with Gasteiger partial charge in [-0.1, -0.05) is 13.8 Å². The maximum Gasteiger partial charge on any atom is 0.326 e. The van der Waals surface area contributed by atoms with Crippen LogP contribution in [0.1, 0.15) is 31.1 Å². The van der Waals surface area contributed by atoms with Gasteiger partial charge in [-0.15, -0.1) is 11.8 Å². The van der Waals surface area contributed by atoms with Gasteiger partial charge < -0.3 is 10.0 Å². The van der Waals surface area contributed by atoms with E-state index in [1.165, 1.54) is 18.9 Å². The van der Waals surface area contributed by atoms with Crippen LogP contribution >= 0.6 is 11.8 Å². The number of likely N-dealkylation sites (N-methyl/N-ethyl adjacent to an activating group) is 1. The number of thioether (sulfide) groups is 1. The third kappa shape index (κ3) is 4.28. The van der Waals surface area contributed by atoms with Crippen LogP contribution in [0, 0.1) is 0 Å². The quantitative estimate of drug-likeness (QED) is 0.843. The summed E-state index contributed by atoms with van der Waals surface area (Å²) >= 11 is 1.72. The van der Waals surface area contributed by atoms with E-state index in [-0.39, 0.29) is 5.91 Å². The molecule has 0 bridgehead atoms. The lowest BCUT2D eigenvalue weighted by Gasteiger charge is -2.21. The van der Waals surface area contributed by atoms with Crippen LogP contribution in [-0.2, 0) is 4.79 Å². The van der Waals surface area contributed by atoms with Crippen molar-refractivity contribution in [2.75, 3.05) is 7.05 Å². The second-order valence-electron chi connectivity index (χ2n) is 4.62. The van der Waals surface area contributed by atoms with Crippen molar-refractivity contribution in [1.82, 2.24) is 4.90 Å². The van der Waals surface area contributed by atoms with Gasteiger partial charge in [-0.3, -0.25) is 4.79 Å². The molecule has 1 unspecified atom stereocenters. The first-order valence-electron chi connectivity index (χ1n) is 6.09. The zero-order chi connectivity index (χ0) is 14.6. The Balaban J connectivity index is 2.80. The smallest absolute Gasteiger partial charge is 0.326 e. The summed E-state index contributed by atoms with van der Waals surface area (Å²) in [4.78, 5) is 25.3. The van der Waals surface area contributed by atoms with E-state index in [2.05, 4.69) is 13.8 Å². The van der Waals surface area contributed by atoms with E-state index in [1.807, 2.05) is 12.1 Å². The number of carboxylic acid groups (broad SMARTS) is 1. The summed E-state index contributed by atoms with van der Waals surface area (Å²) in [7, 11) is 1.50. The standard InChI is InChI=1S/C14H19NO3S/c1-9(2)19-12-7-5-11(6-8-12)13(16)15(4)10(3)14(17)18/h5-10H,1-4H3,(H,17,18). The van der Waals surface area contributed by atoms with Gasteiger partial charge in [0.15, 0.2) is 0 Å². The number of benzene rings is 1. The van der Waals surface area contributed by atoms with Crippen LogP contribution in [0.2, 0.25) is 0 Å². The number of carbonyl (C=O) groups is 2. The molecule has 1 aromatic carbocycles. The van der Waals surface area contributed by atoms with Crippen LogP contribution in [0.25, 0.3) is 0 Å². The van der Waals surface area contributed by atoms with E-state index in [9.17, 15) is 9.59 Å². The third-order valence-electron chi connectivity index (χ3n) is 2.73. The van der Waals surface area contributed by atoms with E-state index in [1.54, 1.807) is 23.9 Å². The van der Waals surface area contributed by atoms with E-state index in [0.29, 0.717) is 10.8 Å². The van der Waals surface area contributed by atoms with Crippen molar-refractivity contribution in [3.8, 4) is 0 Å². The summed E-state index contributed by atoms with van der Waals surface area (Å²) in [5.41, 5.74) is 0.503. The first kappa shape index (κ1) is 15.6. The van der Waals surface area contributed by atoms with Gasteiger partial charge in [0.2, 0.25) is 0 Å². The molecule has 0 fully saturated rings. The van der Waals surface area contributed by atoms with Crippen LogP contribution in [0.3, 0.4) is 0 Å². The topological polar surface area (TPSA) is 57.6 Å². The Bertz CT molecular complexity index is 456. The molecule has 0 saturated heterocycles. The highest BCUT2D eigenvalue weighted by molar-refractivity contribution is 7.99. The monoisotopic (exact) mass is 281 g/mol. The van der Waals surface area contributed by atoms with Crippen LogP contribution in [0.4, 0.5) is 0 Å². The predicted octanol–water partition coefficient (Wildman–Crippen LogP) is 2.73. The van der Waals surface area contributed by atoms with Crippen LogP contribution in [-0.4, -0.2) is 40.2 Å². The van der Waals surface area contributed by atoms with E-state index in [4.69, 9.17) is 5.11 Å². The predicted molar refractivity (Wildman–Crippen MR) is 76.6 cm³/mol. The van der Waals surface area contributed by atoms with Crippen molar-refractivity contribution < 1.29 is 14.7 Å². The van der Waals surface area contributed by atoms with E-state index >= 15 is 0 Å². The molecule has 0 heterocycles. The van der Waals surface area contributed by atoms with Crippen molar-refractivity contribution >= 4 is 23.6 Å². The first-order valence-corrected chi connectivity index (χ1v) is 6.97. The molecule has 0 aliphatic rings. The zero-order valence-corrected chi connectivity index (χ0v) is 12.4. The maximum absolute atomic E-state index is 12.1. The van der Waals surface area contributed by atoms with Crippen LogP contribution in [0.15, 0.2) is 29.2 Å². The summed E-state index contributed by atoms with van der Waals surface area (Å²) in [6.07, 6.45) is 0. The fraction of sp³-hybridized carbons (Fsp3) is 0.429. The molecule has 0 aliphatic carbocycles. The minimum atomic E-state index is -1.01. The molecule has 1 aromatic rings. The number of amides is 1. The Hall–Kier alpha value is -1.49. The van der Waals surface area contributed by atoms with Gasteiger partial charge in [-0.2, -0.15) is 0 Å². The number of hydrogen-bond donors (Lipinski definition) is 1. The molecule has 1 atom stereocenters. The Kier molecular flexibility index (Phi) is 5.42. The fourth-order valence-corrected chi connectivity index (χ4v) is 2.33. The van der Waals surface area contributed by atoms with E-state index < -0.39 is 12.0 Å². The minimum absolute atomic E-state index is 0.281. The Morgan fingerprint density at radius 1 is 1.16 bits per heavy atom. The summed E-state index contributed by atoms with van der Waals surface area (Å²) in [6.45, 7) is 5.70. The average molecular weight is 281 g/mol. The molecule has 0 saturated carbocycles. The van der Waals surface area contributed by atoms with Crippen molar-refractivity contribution in [3.63, 3.8) is 0 Å². The molecule has 0 spiro atoms. The van der Waals surface area contributed by atoms with Crippen molar-refractivity contribution in [3.05, 3.63) is 29.8 Å². The lowest BCUT2D eigenvalue weighted by atomic mass is 10.2. The van der Waals surface area contributed by atoms with E-state index in [0.717, 1.165) is 4.90 Å². The maximum atomic E-state index is 12.1. The zero-order valence-electron chi connectivity index (χ0n) is 11.6. The SMILES string of the molecule is CC(C)Sc1ccc(C(=O)N(C)C(C)C(=O)O)cc1. The lowest BCUT2D eigenvalue weighted by molar-refractivity contribution is -0.141. The molecule has 1 N–H and O–H groups in total. The van der Waals surface area contributed by atoms with Crippen LogP contribution < -0.4 is 0 Å². The molecule has 1 rings (SSSR count).